The van der Waals surface area contributed by atoms with Crippen LogP contribution in [0.2, 0.25) is 0 Å². The molecule has 3 N–H and O–H groups in total. The lowest BCUT2D eigenvalue weighted by Gasteiger charge is -2.44. The molecule has 0 radical (unpaired) electrons. The van der Waals surface area contributed by atoms with Crippen LogP contribution in [-0.4, -0.2) is 51.6 Å². The van der Waals surface area contributed by atoms with Gasteiger partial charge in [0.15, 0.2) is 9.74 Å². The zero-order chi connectivity index (χ0) is 19.7. The second-order valence-electron chi connectivity index (χ2n) is 6.29. The number of hydrogen-bond acceptors (Lipinski definition) is 6. The highest BCUT2D eigenvalue weighted by molar-refractivity contribution is 8.01. The molecular formula is C18H21N3O4S2. The molecule has 2 unspecified atom stereocenters. The zero-order valence-electron chi connectivity index (χ0n) is 15.3. The van der Waals surface area contributed by atoms with Gasteiger partial charge in [-0.25, -0.2) is 0 Å². The smallest absolute Gasteiger partial charge is 0.302 e. The number of thioether (sulfide) groups is 2. The Hall–Kier alpha value is -2.13. The van der Waals surface area contributed by atoms with Gasteiger partial charge in [-0.15, -0.1) is 23.5 Å². The maximum atomic E-state index is 13.1. The second kappa shape index (κ2) is 7.47. The minimum atomic E-state index is -1.33. The Kier molecular flexibility index (Phi) is 5.43. The van der Waals surface area contributed by atoms with Gasteiger partial charge in [0.05, 0.1) is 0 Å². The van der Waals surface area contributed by atoms with E-state index in [4.69, 9.17) is 4.74 Å². The molecule has 3 rings (SSSR count). The Morgan fingerprint density at radius 3 is 2.37 bits per heavy atom. The van der Waals surface area contributed by atoms with E-state index in [9.17, 15) is 14.4 Å². The first-order valence-corrected chi connectivity index (χ1v) is 10.7. The van der Waals surface area contributed by atoms with E-state index in [1.807, 2.05) is 30.5 Å². The van der Waals surface area contributed by atoms with Crippen LogP contribution in [-0.2, 0) is 25.5 Å². The van der Waals surface area contributed by atoms with Crippen molar-refractivity contribution in [2.75, 3.05) is 19.1 Å². The van der Waals surface area contributed by atoms with Crippen LogP contribution in [0.3, 0.4) is 0 Å². The summed E-state index contributed by atoms with van der Waals surface area (Å²) in [5.41, 5.74) is 1.91. The van der Waals surface area contributed by atoms with E-state index in [0.717, 1.165) is 28.2 Å². The number of fused-ring (bicyclic) bond motifs is 1. The molecule has 27 heavy (non-hydrogen) atoms. The molecular weight excluding hydrogens is 386 g/mol. The third kappa shape index (κ3) is 3.53. The zero-order valence-corrected chi connectivity index (χ0v) is 16.9. The van der Waals surface area contributed by atoms with E-state index in [-0.39, 0.29) is 18.4 Å². The molecule has 2 heterocycles. The summed E-state index contributed by atoms with van der Waals surface area (Å²) < 4.78 is 5.01. The lowest BCUT2D eigenvalue weighted by molar-refractivity contribution is -0.148. The van der Waals surface area contributed by atoms with E-state index in [1.165, 1.54) is 18.7 Å². The van der Waals surface area contributed by atoms with Crippen molar-refractivity contribution in [3.05, 3.63) is 36.0 Å². The van der Waals surface area contributed by atoms with Crippen molar-refractivity contribution in [3.63, 3.8) is 0 Å². The highest BCUT2D eigenvalue weighted by Gasteiger charge is 2.54. The van der Waals surface area contributed by atoms with Crippen molar-refractivity contribution < 1.29 is 19.1 Å². The first-order valence-electron chi connectivity index (χ1n) is 8.30. The fourth-order valence-corrected chi connectivity index (χ4v) is 4.42. The summed E-state index contributed by atoms with van der Waals surface area (Å²) in [6.45, 7) is 1.04. The Morgan fingerprint density at radius 2 is 1.70 bits per heavy atom. The monoisotopic (exact) mass is 407 g/mol. The fourth-order valence-electron chi connectivity index (χ4n) is 3.08. The molecule has 1 aromatic carbocycles. The van der Waals surface area contributed by atoms with Crippen LogP contribution in [0, 0.1) is 0 Å². The van der Waals surface area contributed by atoms with Crippen LogP contribution in [0.25, 0.3) is 10.9 Å². The number of carbonyl (C=O) groups is 3. The van der Waals surface area contributed by atoms with Gasteiger partial charge in [-0.3, -0.25) is 14.4 Å². The minimum absolute atomic E-state index is 0.224. The molecule has 2 aromatic rings. The summed E-state index contributed by atoms with van der Waals surface area (Å²) >= 11 is 2.40. The molecule has 9 heteroatoms. The summed E-state index contributed by atoms with van der Waals surface area (Å²) in [5.74, 6) is -1.21. The van der Waals surface area contributed by atoms with Crippen LogP contribution in [0.15, 0.2) is 30.5 Å². The van der Waals surface area contributed by atoms with Gasteiger partial charge in [0.25, 0.3) is 11.8 Å². The molecule has 144 valence electrons. The maximum Gasteiger partial charge on any atom is 0.302 e. The summed E-state index contributed by atoms with van der Waals surface area (Å²) in [7, 11) is 0. The van der Waals surface area contributed by atoms with Gasteiger partial charge in [-0.05, 0) is 24.1 Å². The van der Waals surface area contributed by atoms with Crippen molar-refractivity contribution in [1.29, 1.82) is 0 Å². The van der Waals surface area contributed by atoms with E-state index in [0.29, 0.717) is 6.42 Å². The van der Waals surface area contributed by atoms with Crippen molar-refractivity contribution in [2.45, 2.75) is 23.1 Å². The molecule has 1 aliphatic heterocycles. The van der Waals surface area contributed by atoms with Crippen LogP contribution >= 0.6 is 23.5 Å². The summed E-state index contributed by atoms with van der Waals surface area (Å²) in [6, 6.07) is 7.80. The number of aromatic amines is 1. The normalized spacial score (nSPS) is 25.1. The van der Waals surface area contributed by atoms with Gasteiger partial charge in [0.1, 0.15) is 6.61 Å². The quantitative estimate of drug-likeness (QED) is 0.630. The highest BCUT2D eigenvalue weighted by atomic mass is 32.2. The molecule has 2 atom stereocenters. The fraction of sp³-hybridized carbons (Fsp3) is 0.389. The lowest BCUT2D eigenvalue weighted by Crippen LogP contribution is -2.74. The molecule has 0 aliphatic carbocycles. The number of rotatable bonds is 6. The number of esters is 1. The second-order valence-corrected chi connectivity index (χ2v) is 8.50. The van der Waals surface area contributed by atoms with E-state index < -0.39 is 15.7 Å². The van der Waals surface area contributed by atoms with E-state index in [2.05, 4.69) is 15.6 Å². The van der Waals surface area contributed by atoms with Crippen LogP contribution in [0.4, 0.5) is 0 Å². The molecule has 1 aromatic heterocycles. The standard InChI is InChI=1S/C18H21N3O4S2/c1-11(22)25-10-18(27-3)16(24)20-17(26-2,15(23)21-18)8-12-9-19-14-7-5-4-6-13(12)14/h4-7,9,19H,8,10H2,1-3H3,(H,20,24)(H,21,23). The van der Waals surface area contributed by atoms with Crippen LogP contribution in [0.1, 0.15) is 12.5 Å². The van der Waals surface area contributed by atoms with Gasteiger partial charge >= 0.3 is 5.97 Å². The maximum absolute atomic E-state index is 13.1. The van der Waals surface area contributed by atoms with E-state index in [1.54, 1.807) is 12.5 Å². The predicted octanol–water partition coefficient (Wildman–Crippen LogP) is 1.64. The molecule has 0 spiro atoms. The molecule has 1 aliphatic rings. The number of carbonyl (C=O) groups excluding carboxylic acids is 3. The number of nitrogens with one attached hydrogen (secondary N) is 3. The Labute approximate surface area is 165 Å². The molecule has 1 saturated heterocycles. The predicted molar refractivity (Wildman–Crippen MR) is 107 cm³/mol. The molecule has 2 amide bonds. The topological polar surface area (TPSA) is 100 Å². The molecule has 0 bridgehead atoms. The van der Waals surface area contributed by atoms with Crippen molar-refractivity contribution in [1.82, 2.24) is 15.6 Å². The average Bonchev–Trinajstić information content (AvgIpc) is 3.06. The summed E-state index contributed by atoms with van der Waals surface area (Å²) in [6.07, 6.45) is 5.66. The number of ether oxygens (including phenoxy) is 1. The Balaban J connectivity index is 1.89. The van der Waals surface area contributed by atoms with Crippen molar-refractivity contribution in [2.24, 2.45) is 0 Å². The first-order chi connectivity index (χ1) is 12.9. The van der Waals surface area contributed by atoms with Gasteiger partial charge in [0.2, 0.25) is 0 Å². The van der Waals surface area contributed by atoms with Crippen molar-refractivity contribution >= 4 is 52.2 Å². The number of amides is 2. The first kappa shape index (κ1) is 19.6. The number of benzene rings is 1. The van der Waals surface area contributed by atoms with E-state index >= 15 is 0 Å². The minimum Gasteiger partial charge on any atom is -0.462 e. The van der Waals surface area contributed by atoms with Gasteiger partial charge in [-0.2, -0.15) is 0 Å². The lowest BCUT2D eigenvalue weighted by atomic mass is 10.0. The largest absolute Gasteiger partial charge is 0.462 e. The van der Waals surface area contributed by atoms with Gasteiger partial charge in [0, 0.05) is 30.4 Å². The number of hydrogen-bond donors (Lipinski definition) is 3. The number of para-hydroxylation sites is 1. The van der Waals surface area contributed by atoms with Crippen LogP contribution < -0.4 is 10.6 Å². The molecule has 7 nitrogen and oxygen atoms in total. The molecule has 1 fully saturated rings. The van der Waals surface area contributed by atoms with Gasteiger partial charge < -0.3 is 20.4 Å². The highest BCUT2D eigenvalue weighted by Crippen LogP contribution is 2.35. The third-order valence-electron chi connectivity index (χ3n) is 4.65. The number of piperazine rings is 1. The SMILES string of the molecule is CSC1(COC(C)=O)NC(=O)C(Cc2c[nH]c3ccccc23)(SC)NC1=O. The number of aromatic nitrogens is 1. The Morgan fingerprint density at radius 1 is 1.07 bits per heavy atom. The van der Waals surface area contributed by atoms with Gasteiger partial charge in [-0.1, -0.05) is 18.2 Å². The Bertz CT molecular complexity index is 900. The number of H-pyrrole nitrogens is 1. The summed E-state index contributed by atoms with van der Waals surface area (Å²) in [5, 5.41) is 6.68. The van der Waals surface area contributed by atoms with Crippen LogP contribution in [0.5, 0.6) is 0 Å². The summed E-state index contributed by atoms with van der Waals surface area (Å²) in [4.78, 5) is 37.9. The average molecular weight is 408 g/mol. The third-order valence-corrected chi connectivity index (χ3v) is 6.89. The van der Waals surface area contributed by atoms with Crippen molar-refractivity contribution in [3.8, 4) is 0 Å². The molecule has 0 saturated carbocycles.